The Hall–Kier alpha value is -3.56. The molecule has 1 amide bonds. The monoisotopic (exact) mass is 453 g/mol. The summed E-state index contributed by atoms with van der Waals surface area (Å²) in [5.74, 6) is 0.520. The van der Waals surface area contributed by atoms with Gasteiger partial charge in [-0.15, -0.1) is 4.83 Å². The molecule has 4 rings (SSSR count). The van der Waals surface area contributed by atoms with E-state index in [1.165, 1.54) is 26.4 Å². The van der Waals surface area contributed by atoms with Gasteiger partial charge in [0.25, 0.3) is 15.9 Å². The number of sulfonamides is 1. The van der Waals surface area contributed by atoms with Gasteiger partial charge in [0.15, 0.2) is 0 Å². The molecule has 1 unspecified atom stereocenters. The molecule has 0 fully saturated rings. The van der Waals surface area contributed by atoms with E-state index in [1.54, 1.807) is 54.6 Å². The zero-order chi connectivity index (χ0) is 22.9. The summed E-state index contributed by atoms with van der Waals surface area (Å²) < 4.78 is 37.0. The molecule has 0 radical (unpaired) electrons. The van der Waals surface area contributed by atoms with Gasteiger partial charge < -0.3 is 14.8 Å². The van der Waals surface area contributed by atoms with Gasteiger partial charge in [0.05, 0.1) is 24.7 Å². The van der Waals surface area contributed by atoms with Gasteiger partial charge in [-0.05, 0) is 43.3 Å². The van der Waals surface area contributed by atoms with E-state index in [2.05, 4.69) is 10.1 Å². The van der Waals surface area contributed by atoms with Crippen LogP contribution in [0.25, 0.3) is 0 Å². The summed E-state index contributed by atoms with van der Waals surface area (Å²) >= 11 is 0. The molecule has 1 heterocycles. The van der Waals surface area contributed by atoms with Crippen LogP contribution < -0.4 is 19.6 Å². The van der Waals surface area contributed by atoms with Crippen molar-refractivity contribution in [2.24, 2.45) is 0 Å². The number of anilines is 1. The van der Waals surface area contributed by atoms with E-state index in [1.807, 2.05) is 6.92 Å². The number of carbonyl (C=O) groups excluding carboxylic acids is 1. The largest absolute Gasteiger partial charge is 0.497 e. The third-order valence-electron chi connectivity index (χ3n) is 5.21. The minimum atomic E-state index is -4.04. The lowest BCUT2D eigenvalue weighted by atomic mass is 10.0. The smallest absolute Gasteiger partial charge is 0.273 e. The maximum Gasteiger partial charge on any atom is 0.273 e. The Kier molecular flexibility index (Phi) is 5.77. The van der Waals surface area contributed by atoms with E-state index in [0.29, 0.717) is 28.3 Å². The van der Waals surface area contributed by atoms with Crippen LogP contribution in [0, 0.1) is 6.92 Å². The van der Waals surface area contributed by atoms with Crippen LogP contribution in [0.5, 0.6) is 11.5 Å². The van der Waals surface area contributed by atoms with Gasteiger partial charge >= 0.3 is 0 Å². The first-order valence-corrected chi connectivity index (χ1v) is 11.3. The summed E-state index contributed by atoms with van der Waals surface area (Å²) in [5.41, 5.74) is 2.42. The molecule has 0 spiro atoms. The zero-order valence-electron chi connectivity index (χ0n) is 17.8. The lowest BCUT2D eigenvalue weighted by molar-refractivity contribution is 0.0630. The molecular formula is C23H23N3O5S. The van der Waals surface area contributed by atoms with Crippen LogP contribution in [0.15, 0.2) is 71.6 Å². The molecule has 2 N–H and O–H groups in total. The highest BCUT2D eigenvalue weighted by molar-refractivity contribution is 7.89. The molecule has 0 aliphatic carbocycles. The van der Waals surface area contributed by atoms with Gasteiger partial charge in [0.1, 0.15) is 17.7 Å². The van der Waals surface area contributed by atoms with Crippen molar-refractivity contribution >= 4 is 21.6 Å². The number of nitrogens with one attached hydrogen (secondary N) is 2. The Morgan fingerprint density at radius 2 is 1.69 bits per heavy atom. The van der Waals surface area contributed by atoms with Crippen molar-refractivity contribution in [3.8, 4) is 11.5 Å². The van der Waals surface area contributed by atoms with E-state index in [9.17, 15) is 13.2 Å². The van der Waals surface area contributed by atoms with Gasteiger partial charge in [0, 0.05) is 17.3 Å². The number of hydrogen-bond donors (Lipinski definition) is 2. The summed E-state index contributed by atoms with van der Waals surface area (Å²) in [6.07, 6.45) is -0.863. The fourth-order valence-electron chi connectivity index (χ4n) is 3.51. The fourth-order valence-corrected chi connectivity index (χ4v) is 4.56. The SMILES string of the molecule is COc1ccc(C2Nc3ccccc3C(=O)N2NS(=O)(=O)c2ccc(C)cc2)c(OC)c1. The van der Waals surface area contributed by atoms with Crippen LogP contribution in [0.4, 0.5) is 5.69 Å². The second kappa shape index (κ2) is 8.52. The summed E-state index contributed by atoms with van der Waals surface area (Å²) in [6.45, 7) is 1.87. The molecule has 0 aromatic heterocycles. The number of ether oxygens (including phenoxy) is 2. The third kappa shape index (κ3) is 4.00. The minimum Gasteiger partial charge on any atom is -0.497 e. The topological polar surface area (TPSA) is 97.0 Å². The standard InChI is InChI=1S/C23H23N3O5S/c1-15-8-11-17(12-9-15)32(28,29)25-26-22(19-13-10-16(30-2)14-21(19)31-3)24-20-7-5-4-6-18(20)23(26)27/h4-14,22,24-25H,1-3H3. The lowest BCUT2D eigenvalue weighted by Crippen LogP contribution is -2.52. The maximum absolute atomic E-state index is 13.4. The van der Waals surface area contributed by atoms with Crippen molar-refractivity contribution in [2.75, 3.05) is 19.5 Å². The summed E-state index contributed by atoms with van der Waals surface area (Å²) in [5, 5.41) is 4.32. The number of amides is 1. The van der Waals surface area contributed by atoms with Crippen LogP contribution in [0.1, 0.15) is 27.7 Å². The van der Waals surface area contributed by atoms with Crippen LogP contribution >= 0.6 is 0 Å². The van der Waals surface area contributed by atoms with Gasteiger partial charge in [0.2, 0.25) is 0 Å². The average Bonchev–Trinajstić information content (AvgIpc) is 2.80. The molecule has 166 valence electrons. The number of para-hydroxylation sites is 1. The van der Waals surface area contributed by atoms with Crippen LogP contribution in [-0.2, 0) is 10.0 Å². The molecule has 1 atom stereocenters. The van der Waals surface area contributed by atoms with Gasteiger partial charge in [-0.25, -0.2) is 13.4 Å². The number of methoxy groups -OCH3 is 2. The van der Waals surface area contributed by atoms with Crippen molar-refractivity contribution < 1.29 is 22.7 Å². The normalized spacial score (nSPS) is 15.7. The Bertz CT molecular complexity index is 1260. The molecule has 3 aromatic rings. The predicted octanol–water partition coefficient (Wildman–Crippen LogP) is 3.47. The Labute approximate surface area is 186 Å². The third-order valence-corrected chi connectivity index (χ3v) is 6.54. The van der Waals surface area contributed by atoms with Crippen molar-refractivity contribution in [2.45, 2.75) is 18.0 Å². The van der Waals surface area contributed by atoms with Crippen LogP contribution in [0.3, 0.4) is 0 Å². The first kappa shape index (κ1) is 21.7. The highest BCUT2D eigenvalue weighted by Crippen LogP contribution is 2.37. The van der Waals surface area contributed by atoms with E-state index in [-0.39, 0.29) is 4.90 Å². The van der Waals surface area contributed by atoms with Crippen molar-refractivity contribution in [1.82, 2.24) is 9.84 Å². The first-order valence-electron chi connectivity index (χ1n) is 9.84. The molecule has 32 heavy (non-hydrogen) atoms. The summed E-state index contributed by atoms with van der Waals surface area (Å²) in [7, 11) is -1.00. The predicted molar refractivity (Wildman–Crippen MR) is 120 cm³/mol. The number of rotatable bonds is 6. The quantitative estimate of drug-likeness (QED) is 0.593. The van der Waals surface area contributed by atoms with Crippen molar-refractivity contribution in [3.05, 3.63) is 83.4 Å². The first-order chi connectivity index (χ1) is 15.3. The number of carbonyl (C=O) groups is 1. The number of hydrogen-bond acceptors (Lipinski definition) is 6. The number of benzene rings is 3. The van der Waals surface area contributed by atoms with Gasteiger partial charge in [-0.3, -0.25) is 4.79 Å². The maximum atomic E-state index is 13.4. The highest BCUT2D eigenvalue weighted by atomic mass is 32.2. The second-order valence-electron chi connectivity index (χ2n) is 7.28. The second-order valence-corrected chi connectivity index (χ2v) is 8.94. The number of hydrazine groups is 1. The molecule has 1 aliphatic heterocycles. The number of aryl methyl sites for hydroxylation is 1. The zero-order valence-corrected chi connectivity index (χ0v) is 18.6. The molecular weight excluding hydrogens is 430 g/mol. The number of fused-ring (bicyclic) bond motifs is 1. The molecule has 8 nitrogen and oxygen atoms in total. The molecule has 0 saturated heterocycles. The molecule has 9 heteroatoms. The molecule has 3 aromatic carbocycles. The average molecular weight is 454 g/mol. The van der Waals surface area contributed by atoms with E-state index in [0.717, 1.165) is 10.6 Å². The van der Waals surface area contributed by atoms with Gasteiger partial charge in [-0.1, -0.05) is 29.8 Å². The van der Waals surface area contributed by atoms with E-state index in [4.69, 9.17) is 9.47 Å². The fraction of sp³-hybridized carbons (Fsp3) is 0.174. The Balaban J connectivity index is 1.80. The minimum absolute atomic E-state index is 0.0511. The van der Waals surface area contributed by atoms with Crippen LogP contribution in [-0.4, -0.2) is 33.6 Å². The van der Waals surface area contributed by atoms with E-state index >= 15 is 0 Å². The summed E-state index contributed by atoms with van der Waals surface area (Å²) in [4.78, 5) is 15.9. The Morgan fingerprint density at radius 1 is 0.969 bits per heavy atom. The van der Waals surface area contributed by atoms with E-state index < -0.39 is 22.1 Å². The summed E-state index contributed by atoms with van der Waals surface area (Å²) in [6, 6.07) is 18.4. The van der Waals surface area contributed by atoms with Gasteiger partial charge in [-0.2, -0.15) is 0 Å². The molecule has 0 bridgehead atoms. The van der Waals surface area contributed by atoms with Crippen molar-refractivity contribution in [1.29, 1.82) is 0 Å². The van der Waals surface area contributed by atoms with Crippen molar-refractivity contribution in [3.63, 3.8) is 0 Å². The lowest BCUT2D eigenvalue weighted by Gasteiger charge is -2.38. The number of nitrogens with zero attached hydrogens (tertiary/aromatic N) is 1. The Morgan fingerprint density at radius 3 is 2.38 bits per heavy atom. The molecule has 1 aliphatic rings. The highest BCUT2D eigenvalue weighted by Gasteiger charge is 2.37. The molecule has 0 saturated carbocycles. The van der Waals surface area contributed by atoms with Crippen LogP contribution in [0.2, 0.25) is 0 Å².